The van der Waals surface area contributed by atoms with E-state index in [0.29, 0.717) is 50.3 Å². The van der Waals surface area contributed by atoms with E-state index < -0.39 is 0 Å². The van der Waals surface area contributed by atoms with Crippen LogP contribution in [0.2, 0.25) is 0 Å². The Morgan fingerprint density at radius 1 is 1.18 bits per heavy atom. The largest absolute Gasteiger partial charge is 0.377 e. The molecule has 0 aliphatic heterocycles. The molecule has 1 atom stereocenters. The van der Waals surface area contributed by atoms with Crippen molar-refractivity contribution < 1.29 is 23.9 Å². The lowest BCUT2D eigenvalue weighted by Crippen LogP contribution is -2.18. The molecule has 1 unspecified atom stereocenters. The van der Waals surface area contributed by atoms with Gasteiger partial charge >= 0.3 is 0 Å². The van der Waals surface area contributed by atoms with Crippen LogP contribution in [0.25, 0.3) is 0 Å². The number of ketones is 1. The van der Waals surface area contributed by atoms with Gasteiger partial charge in [0, 0.05) is 37.2 Å². The molecule has 190 valence electrons. The minimum atomic E-state index is -0.0686. The van der Waals surface area contributed by atoms with Crippen molar-refractivity contribution in [2.24, 2.45) is 5.92 Å². The van der Waals surface area contributed by atoms with E-state index in [4.69, 9.17) is 4.74 Å². The predicted octanol–water partition coefficient (Wildman–Crippen LogP) is 4.89. The summed E-state index contributed by atoms with van der Waals surface area (Å²) in [4.78, 5) is 44.4. The van der Waals surface area contributed by atoms with Crippen molar-refractivity contribution in [2.75, 3.05) is 25.1 Å². The van der Waals surface area contributed by atoms with E-state index in [0.717, 1.165) is 50.4 Å². The zero-order valence-electron chi connectivity index (χ0n) is 21.1. The molecular formula is C27H42N2O5. The maximum Gasteiger partial charge on any atom is 0.224 e. The van der Waals surface area contributed by atoms with Gasteiger partial charge in [-0.3, -0.25) is 14.4 Å². The molecule has 0 fully saturated rings. The van der Waals surface area contributed by atoms with Gasteiger partial charge in [-0.25, -0.2) is 0 Å². The van der Waals surface area contributed by atoms with Crippen LogP contribution in [-0.4, -0.2) is 44.1 Å². The smallest absolute Gasteiger partial charge is 0.224 e. The minimum Gasteiger partial charge on any atom is -0.377 e. The van der Waals surface area contributed by atoms with Crippen LogP contribution in [-0.2, 0) is 25.5 Å². The number of nitrogens with one attached hydrogen (secondary N) is 2. The molecule has 0 spiro atoms. The summed E-state index contributed by atoms with van der Waals surface area (Å²) in [5.41, 5.74) is 2.18. The number of aldehydes is 1. The van der Waals surface area contributed by atoms with Crippen LogP contribution in [0.3, 0.4) is 0 Å². The second-order valence-electron chi connectivity index (χ2n) is 8.24. The van der Waals surface area contributed by atoms with Gasteiger partial charge in [-0.2, -0.15) is 0 Å². The van der Waals surface area contributed by atoms with E-state index in [2.05, 4.69) is 31.1 Å². The molecule has 2 amide bonds. The van der Waals surface area contributed by atoms with Crippen molar-refractivity contribution in [1.29, 1.82) is 0 Å². The first kappa shape index (κ1) is 31.2. The second kappa shape index (κ2) is 20.8. The van der Waals surface area contributed by atoms with Crippen LogP contribution in [0.15, 0.2) is 30.9 Å². The number of amides is 2. The molecule has 1 rings (SSSR count). The Labute approximate surface area is 204 Å². The normalized spacial score (nSPS) is 10.9. The van der Waals surface area contributed by atoms with E-state index >= 15 is 0 Å². The van der Waals surface area contributed by atoms with Gasteiger partial charge in [-0.1, -0.05) is 38.5 Å². The van der Waals surface area contributed by atoms with Crippen molar-refractivity contribution in [1.82, 2.24) is 5.32 Å². The van der Waals surface area contributed by atoms with Crippen LogP contribution >= 0.6 is 0 Å². The van der Waals surface area contributed by atoms with E-state index in [1.54, 1.807) is 18.2 Å². The van der Waals surface area contributed by atoms with Crippen LogP contribution < -0.4 is 10.6 Å². The van der Waals surface area contributed by atoms with Crippen molar-refractivity contribution in [3.05, 3.63) is 42.0 Å². The van der Waals surface area contributed by atoms with Crippen molar-refractivity contribution in [2.45, 2.75) is 72.1 Å². The summed E-state index contributed by atoms with van der Waals surface area (Å²) in [6, 6.07) is 5.42. The number of carbonyl (C=O) groups excluding carboxylic acids is 4. The summed E-state index contributed by atoms with van der Waals surface area (Å²) >= 11 is 0. The lowest BCUT2D eigenvalue weighted by molar-refractivity contribution is -0.116. The SMILES string of the molecule is C=CCOCCCCC(=O)Nc1cccc(C(C)=O)c1CC(C)CCNC=O.CCCCC=O. The minimum absolute atomic E-state index is 0.0244. The zero-order valence-corrected chi connectivity index (χ0v) is 21.1. The van der Waals surface area contributed by atoms with Crippen molar-refractivity contribution >= 4 is 30.1 Å². The first-order valence-electron chi connectivity index (χ1n) is 12.1. The van der Waals surface area contributed by atoms with Gasteiger partial charge in [0.05, 0.1) is 6.61 Å². The van der Waals surface area contributed by atoms with Crippen LogP contribution in [0.5, 0.6) is 0 Å². The number of hydrogen-bond donors (Lipinski definition) is 2. The Morgan fingerprint density at radius 2 is 1.94 bits per heavy atom. The van der Waals surface area contributed by atoms with E-state index in [9.17, 15) is 19.2 Å². The molecule has 0 aromatic heterocycles. The summed E-state index contributed by atoms with van der Waals surface area (Å²) < 4.78 is 5.31. The summed E-state index contributed by atoms with van der Waals surface area (Å²) in [5.74, 6) is 0.162. The second-order valence-corrected chi connectivity index (χ2v) is 8.24. The molecule has 1 aromatic carbocycles. The molecule has 7 nitrogen and oxygen atoms in total. The summed E-state index contributed by atoms with van der Waals surface area (Å²) in [7, 11) is 0. The summed E-state index contributed by atoms with van der Waals surface area (Å²) in [6.45, 7) is 11.0. The van der Waals surface area contributed by atoms with Gasteiger partial charge in [0.15, 0.2) is 5.78 Å². The third kappa shape index (κ3) is 15.1. The fourth-order valence-electron chi connectivity index (χ4n) is 3.25. The molecule has 7 heteroatoms. The number of ether oxygens (including phenoxy) is 1. The molecule has 0 bridgehead atoms. The molecule has 0 aliphatic carbocycles. The molecule has 1 aromatic rings. The highest BCUT2D eigenvalue weighted by molar-refractivity contribution is 5.99. The molecule has 34 heavy (non-hydrogen) atoms. The molecule has 0 aliphatic rings. The van der Waals surface area contributed by atoms with E-state index in [1.807, 2.05) is 6.07 Å². The molecular weight excluding hydrogens is 432 g/mol. The number of carbonyl (C=O) groups is 4. The topological polar surface area (TPSA) is 102 Å². The fourth-order valence-corrected chi connectivity index (χ4v) is 3.25. The molecule has 0 radical (unpaired) electrons. The Kier molecular flexibility index (Phi) is 19.1. The Balaban J connectivity index is 0.00000160. The van der Waals surface area contributed by atoms with Crippen LogP contribution in [0, 0.1) is 5.92 Å². The zero-order chi connectivity index (χ0) is 25.6. The maximum absolute atomic E-state index is 12.3. The number of anilines is 1. The average molecular weight is 475 g/mol. The summed E-state index contributed by atoms with van der Waals surface area (Å²) in [5, 5.41) is 5.62. The number of benzene rings is 1. The van der Waals surface area contributed by atoms with Crippen LogP contribution in [0.4, 0.5) is 5.69 Å². The third-order valence-electron chi connectivity index (χ3n) is 5.10. The van der Waals surface area contributed by atoms with Gasteiger partial charge < -0.3 is 20.2 Å². The monoisotopic (exact) mass is 474 g/mol. The van der Waals surface area contributed by atoms with Gasteiger partial charge in [0.25, 0.3) is 0 Å². The number of hydrogen-bond acceptors (Lipinski definition) is 5. The quantitative estimate of drug-likeness (QED) is 0.136. The standard InChI is InChI=1S/C22H32N2O4.C5H10O/c1-4-13-28-14-6-5-10-22(27)24-21-9-7-8-19(18(3)26)20(21)15-17(2)11-12-23-16-25;1-2-3-4-5-6/h4,7-9,16-17H,1,5-6,10-15H2,2-3H3,(H,23,25)(H,24,27);5H,2-4H2,1H3. The van der Waals surface area contributed by atoms with Crippen LogP contribution in [0.1, 0.15) is 81.6 Å². The Bertz CT molecular complexity index is 749. The highest BCUT2D eigenvalue weighted by atomic mass is 16.5. The lowest BCUT2D eigenvalue weighted by atomic mass is 9.91. The van der Waals surface area contributed by atoms with Gasteiger partial charge in [-0.05, 0) is 56.6 Å². The predicted molar refractivity (Wildman–Crippen MR) is 137 cm³/mol. The highest BCUT2D eigenvalue weighted by Gasteiger charge is 2.16. The Morgan fingerprint density at radius 3 is 2.53 bits per heavy atom. The average Bonchev–Trinajstić information content (AvgIpc) is 2.81. The van der Waals surface area contributed by atoms with E-state index in [1.165, 1.54) is 6.92 Å². The van der Waals surface area contributed by atoms with Gasteiger partial charge in [0.2, 0.25) is 12.3 Å². The molecule has 0 saturated heterocycles. The van der Waals surface area contributed by atoms with Crippen molar-refractivity contribution in [3.63, 3.8) is 0 Å². The molecule has 0 heterocycles. The lowest BCUT2D eigenvalue weighted by Gasteiger charge is -2.18. The maximum atomic E-state index is 12.3. The number of rotatable bonds is 18. The van der Waals surface area contributed by atoms with Gasteiger partial charge in [0.1, 0.15) is 6.29 Å². The van der Waals surface area contributed by atoms with Gasteiger partial charge in [-0.15, -0.1) is 6.58 Å². The third-order valence-corrected chi connectivity index (χ3v) is 5.10. The molecule has 2 N–H and O–H groups in total. The van der Waals surface area contributed by atoms with Crippen molar-refractivity contribution in [3.8, 4) is 0 Å². The molecule has 0 saturated carbocycles. The Hall–Kier alpha value is -2.80. The first-order chi connectivity index (χ1) is 16.4. The number of unbranched alkanes of at least 4 members (excludes halogenated alkanes) is 3. The van der Waals surface area contributed by atoms with E-state index in [-0.39, 0.29) is 17.6 Å². The number of Topliss-reactive ketones (excluding diaryl/α,β-unsaturated/α-hetero) is 1. The first-order valence-corrected chi connectivity index (χ1v) is 12.1. The summed E-state index contributed by atoms with van der Waals surface area (Å²) in [6.07, 6.45) is 9.64. The fraction of sp³-hybridized carbons (Fsp3) is 0.556. The highest BCUT2D eigenvalue weighted by Crippen LogP contribution is 2.25.